The summed E-state index contributed by atoms with van der Waals surface area (Å²) in [6.07, 6.45) is 0. The quantitative estimate of drug-likeness (QED) is 0.873. The van der Waals surface area contributed by atoms with Crippen LogP contribution in [0.25, 0.3) is 0 Å². The van der Waals surface area contributed by atoms with Gasteiger partial charge in [-0.15, -0.1) is 0 Å². The highest BCUT2D eigenvalue weighted by molar-refractivity contribution is 9.10. The smallest absolute Gasteiger partial charge is 0.257 e. The third-order valence-corrected chi connectivity index (χ3v) is 3.63. The Morgan fingerprint density at radius 1 is 1.19 bits per heavy atom. The molecule has 1 atom stereocenters. The maximum Gasteiger partial charge on any atom is 0.257 e. The van der Waals surface area contributed by atoms with Crippen LogP contribution in [0.15, 0.2) is 46.9 Å². The SMILES string of the molecule is CC(CNC(=O)c1c(F)cc(Br)cc1F)c1ccccc1. The normalized spacial score (nSPS) is 12.0. The number of nitrogens with one attached hydrogen (secondary N) is 1. The number of rotatable bonds is 4. The number of hydrogen-bond acceptors (Lipinski definition) is 1. The average molecular weight is 354 g/mol. The summed E-state index contributed by atoms with van der Waals surface area (Å²) in [7, 11) is 0. The molecule has 0 spiro atoms. The van der Waals surface area contributed by atoms with Gasteiger partial charge in [0, 0.05) is 11.0 Å². The molecule has 2 nitrogen and oxygen atoms in total. The minimum absolute atomic E-state index is 0.0525. The molecule has 1 N–H and O–H groups in total. The summed E-state index contributed by atoms with van der Waals surface area (Å²) in [5, 5.41) is 2.56. The van der Waals surface area contributed by atoms with E-state index < -0.39 is 23.1 Å². The standard InChI is InChI=1S/C16H14BrF2NO/c1-10(11-5-3-2-4-6-11)9-20-16(21)15-13(18)7-12(17)8-14(15)19/h2-8,10H,9H2,1H3,(H,20,21). The fourth-order valence-corrected chi connectivity index (χ4v) is 2.39. The lowest BCUT2D eigenvalue weighted by atomic mass is 10.0. The summed E-state index contributed by atoms with van der Waals surface area (Å²) in [6, 6.07) is 11.7. The van der Waals surface area contributed by atoms with Crippen LogP contribution in [0.4, 0.5) is 8.78 Å². The van der Waals surface area contributed by atoms with Gasteiger partial charge in [-0.2, -0.15) is 0 Å². The Hall–Kier alpha value is -1.75. The molecule has 0 aliphatic rings. The zero-order valence-corrected chi connectivity index (χ0v) is 13.0. The maximum atomic E-state index is 13.7. The van der Waals surface area contributed by atoms with E-state index in [4.69, 9.17) is 0 Å². The van der Waals surface area contributed by atoms with E-state index in [1.54, 1.807) is 0 Å². The first-order valence-corrected chi connectivity index (χ1v) is 7.26. The molecule has 0 radical (unpaired) electrons. The summed E-state index contributed by atoms with van der Waals surface area (Å²) in [5.74, 6) is -2.46. The molecule has 2 aromatic carbocycles. The molecule has 0 saturated carbocycles. The molecule has 0 aromatic heterocycles. The molecule has 5 heteroatoms. The number of hydrogen-bond donors (Lipinski definition) is 1. The molecule has 0 saturated heterocycles. The predicted octanol–water partition coefficient (Wildman–Crippen LogP) is 4.26. The average Bonchev–Trinajstić information content (AvgIpc) is 2.44. The summed E-state index contributed by atoms with van der Waals surface area (Å²) >= 11 is 2.98. The third-order valence-electron chi connectivity index (χ3n) is 3.17. The van der Waals surface area contributed by atoms with E-state index in [1.807, 2.05) is 37.3 Å². The van der Waals surface area contributed by atoms with Crippen LogP contribution in [0.3, 0.4) is 0 Å². The second-order valence-electron chi connectivity index (χ2n) is 4.77. The summed E-state index contributed by atoms with van der Waals surface area (Å²) in [5.41, 5.74) is 0.494. The van der Waals surface area contributed by atoms with E-state index >= 15 is 0 Å². The molecule has 1 unspecified atom stereocenters. The van der Waals surface area contributed by atoms with Crippen LogP contribution in [0.5, 0.6) is 0 Å². The Labute approximate surface area is 130 Å². The summed E-state index contributed by atoms with van der Waals surface area (Å²) in [4.78, 5) is 11.9. The van der Waals surface area contributed by atoms with Crippen LogP contribution in [-0.2, 0) is 0 Å². The van der Waals surface area contributed by atoms with Crippen LogP contribution >= 0.6 is 15.9 Å². The zero-order chi connectivity index (χ0) is 15.4. The molecule has 110 valence electrons. The van der Waals surface area contributed by atoms with Gasteiger partial charge in [0.05, 0.1) is 0 Å². The van der Waals surface area contributed by atoms with Gasteiger partial charge in [-0.3, -0.25) is 4.79 Å². The number of carbonyl (C=O) groups excluding carboxylic acids is 1. The minimum Gasteiger partial charge on any atom is -0.351 e. The van der Waals surface area contributed by atoms with Crippen molar-refractivity contribution in [2.75, 3.05) is 6.54 Å². The van der Waals surface area contributed by atoms with Gasteiger partial charge < -0.3 is 5.32 Å². The highest BCUT2D eigenvalue weighted by atomic mass is 79.9. The third kappa shape index (κ3) is 3.88. The Balaban J connectivity index is 2.06. The number of carbonyl (C=O) groups is 1. The lowest BCUT2D eigenvalue weighted by molar-refractivity contribution is 0.0943. The molecule has 0 aliphatic heterocycles. The highest BCUT2D eigenvalue weighted by Crippen LogP contribution is 2.20. The van der Waals surface area contributed by atoms with E-state index in [1.165, 1.54) is 0 Å². The van der Waals surface area contributed by atoms with E-state index in [-0.39, 0.29) is 10.4 Å². The van der Waals surface area contributed by atoms with Gasteiger partial charge in [-0.25, -0.2) is 8.78 Å². The van der Waals surface area contributed by atoms with E-state index in [0.717, 1.165) is 17.7 Å². The summed E-state index contributed by atoms with van der Waals surface area (Å²) < 4.78 is 27.6. The molecular weight excluding hydrogens is 340 g/mol. The molecule has 0 heterocycles. The van der Waals surface area contributed by atoms with Crippen LogP contribution < -0.4 is 5.32 Å². The molecule has 0 aliphatic carbocycles. The van der Waals surface area contributed by atoms with Crippen LogP contribution in [0.2, 0.25) is 0 Å². The van der Waals surface area contributed by atoms with Crippen molar-refractivity contribution >= 4 is 21.8 Å². The lowest BCUT2D eigenvalue weighted by Crippen LogP contribution is -2.29. The van der Waals surface area contributed by atoms with Gasteiger partial charge >= 0.3 is 0 Å². The van der Waals surface area contributed by atoms with Crippen LogP contribution in [-0.4, -0.2) is 12.5 Å². The van der Waals surface area contributed by atoms with Gasteiger partial charge in [0.2, 0.25) is 0 Å². The largest absolute Gasteiger partial charge is 0.351 e. The molecule has 0 fully saturated rings. The Morgan fingerprint density at radius 3 is 2.33 bits per heavy atom. The molecule has 1 amide bonds. The van der Waals surface area contributed by atoms with Crippen molar-refractivity contribution in [2.45, 2.75) is 12.8 Å². The van der Waals surface area contributed by atoms with Crippen molar-refractivity contribution in [2.24, 2.45) is 0 Å². The predicted molar refractivity (Wildman–Crippen MR) is 81.2 cm³/mol. The second kappa shape index (κ2) is 6.80. The van der Waals surface area contributed by atoms with Gasteiger partial charge in [-0.05, 0) is 23.6 Å². The van der Waals surface area contributed by atoms with E-state index in [9.17, 15) is 13.6 Å². The molecule has 2 aromatic rings. The van der Waals surface area contributed by atoms with Gasteiger partial charge in [0.1, 0.15) is 17.2 Å². The van der Waals surface area contributed by atoms with Crippen LogP contribution in [0.1, 0.15) is 28.8 Å². The molecule has 2 rings (SSSR count). The van der Waals surface area contributed by atoms with Gasteiger partial charge in [0.25, 0.3) is 5.91 Å². The van der Waals surface area contributed by atoms with Crippen molar-refractivity contribution in [1.29, 1.82) is 0 Å². The van der Waals surface area contributed by atoms with Gasteiger partial charge in [-0.1, -0.05) is 53.2 Å². The Bertz CT molecular complexity index is 623. The number of amides is 1. The summed E-state index contributed by atoms with van der Waals surface area (Å²) in [6.45, 7) is 2.24. The Morgan fingerprint density at radius 2 is 1.76 bits per heavy atom. The first kappa shape index (κ1) is 15.6. The second-order valence-corrected chi connectivity index (χ2v) is 5.68. The maximum absolute atomic E-state index is 13.7. The topological polar surface area (TPSA) is 29.1 Å². The van der Waals surface area contributed by atoms with Crippen molar-refractivity contribution in [1.82, 2.24) is 5.32 Å². The fourth-order valence-electron chi connectivity index (χ4n) is 1.99. The van der Waals surface area contributed by atoms with Crippen molar-refractivity contribution in [3.8, 4) is 0 Å². The molecule has 21 heavy (non-hydrogen) atoms. The van der Waals surface area contributed by atoms with E-state index in [0.29, 0.717) is 6.54 Å². The van der Waals surface area contributed by atoms with Crippen molar-refractivity contribution in [3.63, 3.8) is 0 Å². The van der Waals surface area contributed by atoms with E-state index in [2.05, 4.69) is 21.2 Å². The molecular formula is C16H14BrF2NO. The number of halogens is 3. The van der Waals surface area contributed by atoms with Crippen LogP contribution in [0, 0.1) is 11.6 Å². The van der Waals surface area contributed by atoms with Gasteiger partial charge in [0.15, 0.2) is 0 Å². The van der Waals surface area contributed by atoms with Crippen molar-refractivity contribution in [3.05, 3.63) is 69.7 Å². The lowest BCUT2D eigenvalue weighted by Gasteiger charge is -2.13. The number of benzene rings is 2. The zero-order valence-electron chi connectivity index (χ0n) is 11.4. The molecule has 0 bridgehead atoms. The monoisotopic (exact) mass is 353 g/mol. The minimum atomic E-state index is -0.883. The Kier molecular flexibility index (Phi) is 5.07. The highest BCUT2D eigenvalue weighted by Gasteiger charge is 2.18. The first-order chi connectivity index (χ1) is 9.99. The van der Waals surface area contributed by atoms with Crippen molar-refractivity contribution < 1.29 is 13.6 Å². The fraction of sp³-hybridized carbons (Fsp3) is 0.188. The first-order valence-electron chi connectivity index (χ1n) is 6.46.